The number of nitrogens with two attached hydrogens (primary N) is 1. The van der Waals surface area contributed by atoms with E-state index in [2.05, 4.69) is 15.5 Å². The third-order valence-corrected chi connectivity index (χ3v) is 2.82. The summed E-state index contributed by atoms with van der Waals surface area (Å²) in [6.45, 7) is 1.80. The maximum Gasteiger partial charge on any atom is 0.320 e. The number of hydrogen-bond donors (Lipinski definition) is 2. The molecule has 0 bridgehead atoms. The number of fused-ring (bicyclic) bond motifs is 1. The van der Waals surface area contributed by atoms with E-state index in [9.17, 15) is 0 Å². The lowest BCUT2D eigenvalue weighted by Crippen LogP contribution is -2.02. The molecule has 0 radical (unpaired) electrons. The number of ether oxygens (including phenoxy) is 2. The summed E-state index contributed by atoms with van der Waals surface area (Å²) in [6.07, 6.45) is 1.44. The lowest BCUT2D eigenvalue weighted by Gasteiger charge is -2.09. The van der Waals surface area contributed by atoms with Crippen LogP contribution in [0.15, 0.2) is 22.6 Å². The van der Waals surface area contributed by atoms with Gasteiger partial charge in [0.2, 0.25) is 5.89 Å². The highest BCUT2D eigenvalue weighted by molar-refractivity contribution is 5.59. The molecule has 3 N–H and O–H groups in total. The van der Waals surface area contributed by atoms with E-state index in [4.69, 9.17) is 19.6 Å². The van der Waals surface area contributed by atoms with Crippen LogP contribution in [0.5, 0.6) is 11.5 Å². The Kier molecular flexibility index (Phi) is 3.69. The van der Waals surface area contributed by atoms with E-state index < -0.39 is 0 Å². The van der Waals surface area contributed by atoms with Gasteiger partial charge < -0.3 is 24.9 Å². The summed E-state index contributed by atoms with van der Waals surface area (Å²) in [5.41, 5.74) is 6.24. The third kappa shape index (κ3) is 2.83. The van der Waals surface area contributed by atoms with Crippen LogP contribution in [0, 0.1) is 0 Å². The third-order valence-electron chi connectivity index (χ3n) is 2.82. The molecule has 7 heteroatoms. The van der Waals surface area contributed by atoms with Crippen molar-refractivity contribution in [3.63, 3.8) is 0 Å². The molecular formula is C13H16N4O3. The van der Waals surface area contributed by atoms with Crippen LogP contribution in [0.1, 0.15) is 12.3 Å². The second-order valence-corrected chi connectivity index (χ2v) is 4.38. The fourth-order valence-corrected chi connectivity index (χ4v) is 1.89. The van der Waals surface area contributed by atoms with Crippen LogP contribution in [0.25, 0.3) is 0 Å². The van der Waals surface area contributed by atoms with Crippen LogP contribution in [0.3, 0.4) is 0 Å². The molecule has 1 aliphatic heterocycles. The van der Waals surface area contributed by atoms with Crippen molar-refractivity contribution >= 4 is 11.7 Å². The number of nitrogens with zero attached hydrogens (tertiary/aromatic N) is 2. The average Bonchev–Trinajstić information content (AvgIpc) is 2.75. The molecule has 20 heavy (non-hydrogen) atoms. The Morgan fingerprint density at radius 1 is 1.15 bits per heavy atom. The molecule has 0 amide bonds. The Bertz CT molecular complexity index is 585. The van der Waals surface area contributed by atoms with E-state index in [0.29, 0.717) is 43.8 Å². The van der Waals surface area contributed by atoms with Crippen molar-refractivity contribution in [2.45, 2.75) is 12.8 Å². The van der Waals surface area contributed by atoms with Crippen LogP contribution in [-0.4, -0.2) is 30.0 Å². The van der Waals surface area contributed by atoms with E-state index >= 15 is 0 Å². The zero-order valence-corrected chi connectivity index (χ0v) is 11.0. The fourth-order valence-electron chi connectivity index (χ4n) is 1.89. The van der Waals surface area contributed by atoms with Gasteiger partial charge in [-0.15, -0.1) is 5.10 Å². The standard InChI is InChI=1S/C13H16N4O3/c14-5-4-12-16-17-13(20-12)15-9-2-3-10-11(8-9)19-7-1-6-18-10/h2-3,8H,1,4-7,14H2,(H,15,17). The molecule has 3 rings (SSSR count). The Hall–Kier alpha value is -2.28. The quantitative estimate of drug-likeness (QED) is 0.873. The largest absolute Gasteiger partial charge is 0.490 e. The highest BCUT2D eigenvalue weighted by Gasteiger charge is 2.12. The summed E-state index contributed by atoms with van der Waals surface area (Å²) in [7, 11) is 0. The molecule has 7 nitrogen and oxygen atoms in total. The van der Waals surface area contributed by atoms with E-state index in [1.807, 2.05) is 18.2 Å². The molecule has 2 heterocycles. The molecule has 0 aliphatic carbocycles. The number of hydrogen-bond acceptors (Lipinski definition) is 7. The summed E-state index contributed by atoms with van der Waals surface area (Å²) in [4.78, 5) is 0. The summed E-state index contributed by atoms with van der Waals surface area (Å²) >= 11 is 0. The molecule has 0 fully saturated rings. The van der Waals surface area contributed by atoms with Gasteiger partial charge >= 0.3 is 6.01 Å². The Balaban J connectivity index is 1.75. The van der Waals surface area contributed by atoms with Crippen LogP contribution in [0.2, 0.25) is 0 Å². The summed E-state index contributed by atoms with van der Waals surface area (Å²) in [5.74, 6) is 1.99. The van der Waals surface area contributed by atoms with Gasteiger partial charge in [0.05, 0.1) is 13.2 Å². The van der Waals surface area contributed by atoms with E-state index in [-0.39, 0.29) is 0 Å². The van der Waals surface area contributed by atoms with Gasteiger partial charge in [-0.3, -0.25) is 0 Å². The molecule has 0 saturated heterocycles. The number of nitrogens with one attached hydrogen (secondary N) is 1. The van der Waals surface area contributed by atoms with Crippen molar-refractivity contribution in [1.82, 2.24) is 10.2 Å². The first-order valence-electron chi connectivity index (χ1n) is 6.54. The van der Waals surface area contributed by atoms with Gasteiger partial charge in [0.25, 0.3) is 0 Å². The van der Waals surface area contributed by atoms with E-state index in [1.165, 1.54) is 0 Å². The smallest absolute Gasteiger partial charge is 0.320 e. The van der Waals surface area contributed by atoms with Crippen molar-refractivity contribution < 1.29 is 13.9 Å². The lowest BCUT2D eigenvalue weighted by atomic mass is 10.3. The zero-order chi connectivity index (χ0) is 13.8. The van der Waals surface area contributed by atoms with Gasteiger partial charge in [-0.1, -0.05) is 5.10 Å². The first-order valence-corrected chi connectivity index (χ1v) is 6.54. The fraction of sp³-hybridized carbons (Fsp3) is 0.385. The topological polar surface area (TPSA) is 95.4 Å². The van der Waals surface area contributed by atoms with E-state index in [1.54, 1.807) is 0 Å². The molecule has 0 unspecified atom stereocenters. The molecule has 0 saturated carbocycles. The summed E-state index contributed by atoms with van der Waals surface area (Å²) in [6, 6.07) is 5.93. The number of anilines is 2. The second kappa shape index (κ2) is 5.79. The van der Waals surface area contributed by atoms with Crippen LogP contribution in [-0.2, 0) is 6.42 Å². The van der Waals surface area contributed by atoms with Gasteiger partial charge in [0.1, 0.15) is 0 Å². The first-order chi connectivity index (χ1) is 9.85. The van der Waals surface area contributed by atoms with Gasteiger partial charge in [-0.05, 0) is 12.1 Å². The van der Waals surface area contributed by atoms with Crippen molar-refractivity contribution in [3.8, 4) is 11.5 Å². The molecule has 1 aromatic carbocycles. The normalized spacial score (nSPS) is 13.8. The van der Waals surface area contributed by atoms with Crippen LogP contribution < -0.4 is 20.5 Å². The molecule has 2 aromatic rings. The molecule has 1 aliphatic rings. The van der Waals surface area contributed by atoms with Crippen molar-refractivity contribution in [2.24, 2.45) is 5.73 Å². The molecule has 0 atom stereocenters. The number of aromatic nitrogens is 2. The van der Waals surface area contributed by atoms with Gasteiger partial charge in [-0.25, -0.2) is 0 Å². The van der Waals surface area contributed by atoms with E-state index in [0.717, 1.165) is 17.9 Å². The Morgan fingerprint density at radius 2 is 2.00 bits per heavy atom. The van der Waals surface area contributed by atoms with Crippen molar-refractivity contribution in [3.05, 3.63) is 24.1 Å². The maximum absolute atomic E-state index is 5.62. The monoisotopic (exact) mass is 276 g/mol. The minimum absolute atomic E-state index is 0.336. The average molecular weight is 276 g/mol. The predicted molar refractivity (Wildman–Crippen MR) is 72.4 cm³/mol. The van der Waals surface area contributed by atoms with Crippen LogP contribution >= 0.6 is 0 Å². The van der Waals surface area contributed by atoms with Gasteiger partial charge in [0, 0.05) is 31.1 Å². The highest BCUT2D eigenvalue weighted by atomic mass is 16.5. The highest BCUT2D eigenvalue weighted by Crippen LogP contribution is 2.33. The summed E-state index contributed by atoms with van der Waals surface area (Å²) in [5, 5.41) is 10.8. The van der Waals surface area contributed by atoms with Crippen molar-refractivity contribution in [2.75, 3.05) is 25.1 Å². The minimum atomic E-state index is 0.336. The molecule has 106 valence electrons. The first kappa shape index (κ1) is 12.7. The number of benzene rings is 1. The van der Waals surface area contributed by atoms with Crippen molar-refractivity contribution in [1.29, 1.82) is 0 Å². The lowest BCUT2D eigenvalue weighted by molar-refractivity contribution is 0.297. The minimum Gasteiger partial charge on any atom is -0.490 e. The SMILES string of the molecule is NCCc1nnc(Nc2ccc3c(c2)OCCCO3)o1. The number of rotatable bonds is 4. The Morgan fingerprint density at radius 3 is 2.85 bits per heavy atom. The Labute approximate surface area is 116 Å². The molecular weight excluding hydrogens is 260 g/mol. The molecule has 0 spiro atoms. The summed E-state index contributed by atoms with van der Waals surface area (Å²) < 4.78 is 16.6. The second-order valence-electron chi connectivity index (χ2n) is 4.38. The molecule has 1 aromatic heterocycles. The predicted octanol–water partition coefficient (Wildman–Crippen LogP) is 1.48. The van der Waals surface area contributed by atoms with Gasteiger partial charge in [-0.2, -0.15) is 0 Å². The van der Waals surface area contributed by atoms with Crippen LogP contribution in [0.4, 0.5) is 11.7 Å². The van der Waals surface area contributed by atoms with Gasteiger partial charge in [0.15, 0.2) is 11.5 Å². The zero-order valence-electron chi connectivity index (χ0n) is 11.0. The maximum atomic E-state index is 5.62.